The van der Waals surface area contributed by atoms with Crippen LogP contribution < -0.4 is 15.5 Å². The molecule has 3 N–H and O–H groups in total. The predicted molar refractivity (Wildman–Crippen MR) is 120 cm³/mol. The summed E-state index contributed by atoms with van der Waals surface area (Å²) in [5, 5.41) is 13.8. The van der Waals surface area contributed by atoms with Gasteiger partial charge in [0.05, 0.1) is 6.20 Å². The van der Waals surface area contributed by atoms with Gasteiger partial charge in [0.2, 0.25) is 11.9 Å². The molecule has 0 radical (unpaired) electrons. The van der Waals surface area contributed by atoms with E-state index in [9.17, 15) is 9.18 Å². The number of para-hydroxylation sites is 1. The largest absolute Gasteiger partial charge is 0.483 e. The first-order chi connectivity index (χ1) is 15.5. The number of benzene rings is 1. The summed E-state index contributed by atoms with van der Waals surface area (Å²) in [5.41, 5.74) is 1.06. The van der Waals surface area contributed by atoms with Crippen molar-refractivity contribution in [3.8, 4) is 0 Å². The third-order valence-corrected chi connectivity index (χ3v) is 5.35. The minimum Gasteiger partial charge on any atom is -0.483 e. The van der Waals surface area contributed by atoms with Crippen LogP contribution in [-0.2, 0) is 16.1 Å². The highest BCUT2D eigenvalue weighted by molar-refractivity contribution is 5.83. The third-order valence-electron chi connectivity index (χ3n) is 5.35. The molecule has 4 rings (SSSR count). The lowest BCUT2D eigenvalue weighted by molar-refractivity contribution is -0.123. The highest BCUT2D eigenvalue weighted by atomic mass is 19.1. The Labute approximate surface area is 185 Å². The number of aromatic nitrogens is 3. The number of nitrogens with zero attached hydrogens (tertiary/aromatic N) is 4. The molecule has 2 aromatic heterocycles. The van der Waals surface area contributed by atoms with Gasteiger partial charge in [0.15, 0.2) is 11.6 Å². The first-order valence-electron chi connectivity index (χ1n) is 10.4. The van der Waals surface area contributed by atoms with Crippen molar-refractivity contribution in [1.82, 2.24) is 19.9 Å². The fourth-order valence-electron chi connectivity index (χ4n) is 3.85. The molecule has 0 saturated carbocycles. The van der Waals surface area contributed by atoms with Gasteiger partial charge in [-0.25, -0.2) is 9.37 Å². The van der Waals surface area contributed by atoms with Crippen LogP contribution in [0.25, 0.3) is 10.9 Å². The van der Waals surface area contributed by atoms with E-state index in [0.717, 1.165) is 36.8 Å². The molecule has 1 unspecified atom stereocenters. The van der Waals surface area contributed by atoms with Gasteiger partial charge in [-0.2, -0.15) is 4.98 Å². The van der Waals surface area contributed by atoms with Gasteiger partial charge in [-0.3, -0.25) is 9.59 Å². The normalized spacial score (nSPS) is 15.6. The van der Waals surface area contributed by atoms with Crippen LogP contribution in [0.3, 0.4) is 0 Å². The molecular formula is C22H27FN6O3. The monoisotopic (exact) mass is 442 g/mol. The van der Waals surface area contributed by atoms with Crippen molar-refractivity contribution in [3.05, 3.63) is 48.5 Å². The summed E-state index contributed by atoms with van der Waals surface area (Å²) in [5.74, 6) is 0.560. The summed E-state index contributed by atoms with van der Waals surface area (Å²) in [7, 11) is 1.64. The predicted octanol–water partition coefficient (Wildman–Crippen LogP) is 2.35. The van der Waals surface area contributed by atoms with Crippen LogP contribution in [0.2, 0.25) is 0 Å². The topological polar surface area (TPSA) is 112 Å². The van der Waals surface area contributed by atoms with Crippen molar-refractivity contribution >= 4 is 35.0 Å². The Morgan fingerprint density at radius 3 is 2.91 bits per heavy atom. The molecule has 0 spiro atoms. The molecule has 9 nitrogen and oxygen atoms in total. The molecule has 1 aliphatic heterocycles. The molecule has 10 heteroatoms. The molecule has 170 valence electrons. The van der Waals surface area contributed by atoms with Gasteiger partial charge in [0, 0.05) is 38.4 Å². The molecule has 0 bridgehead atoms. The summed E-state index contributed by atoms with van der Waals surface area (Å²) in [6.45, 7) is 2.22. The molecule has 1 saturated heterocycles. The second-order valence-corrected chi connectivity index (χ2v) is 7.48. The van der Waals surface area contributed by atoms with E-state index in [1.807, 2.05) is 41.1 Å². The molecule has 3 aromatic rings. The van der Waals surface area contributed by atoms with Crippen LogP contribution in [0.5, 0.6) is 0 Å². The number of amides is 1. The summed E-state index contributed by atoms with van der Waals surface area (Å²) >= 11 is 0. The van der Waals surface area contributed by atoms with Crippen molar-refractivity contribution in [2.75, 3.05) is 36.9 Å². The van der Waals surface area contributed by atoms with E-state index < -0.39 is 5.82 Å². The smallest absolute Gasteiger partial charge is 0.290 e. The zero-order valence-electron chi connectivity index (χ0n) is 17.9. The van der Waals surface area contributed by atoms with Gasteiger partial charge < -0.3 is 25.2 Å². The number of halogens is 1. The highest BCUT2D eigenvalue weighted by Crippen LogP contribution is 2.22. The second-order valence-electron chi connectivity index (χ2n) is 7.48. The van der Waals surface area contributed by atoms with E-state index in [0.29, 0.717) is 25.0 Å². The molecular weight excluding hydrogens is 415 g/mol. The first kappa shape index (κ1) is 23.0. The SMILES string of the molecule is CNc1nc(N2CCCC(CNC(=O)Cn3ccc4ccccc43)C2)ncc1F.O=CO. The van der Waals surface area contributed by atoms with Crippen LogP contribution in [-0.4, -0.2) is 58.7 Å². The zero-order chi connectivity index (χ0) is 22.9. The fraction of sp³-hybridized carbons (Fsp3) is 0.364. The minimum atomic E-state index is -0.463. The lowest BCUT2D eigenvalue weighted by Crippen LogP contribution is -2.42. The standard InChI is InChI=1S/C21H25FN6O.CH2O2/c1-23-20-17(22)12-25-21(26-20)28-9-4-5-15(13-28)11-24-19(29)14-27-10-8-16-6-2-3-7-18(16)27;2-1-3/h2-3,6-8,10,12,15H,4-5,9,11,13-14H2,1H3,(H,24,29)(H,23,25,26);1H,(H,2,3). The Hall–Kier alpha value is -3.69. The van der Waals surface area contributed by atoms with Crippen molar-refractivity contribution in [2.45, 2.75) is 19.4 Å². The quantitative estimate of drug-likeness (QED) is 0.502. The molecule has 1 atom stereocenters. The van der Waals surface area contributed by atoms with E-state index in [4.69, 9.17) is 9.90 Å². The van der Waals surface area contributed by atoms with E-state index in [-0.39, 0.29) is 18.2 Å². The average Bonchev–Trinajstić information content (AvgIpc) is 3.21. The lowest BCUT2D eigenvalue weighted by atomic mass is 9.98. The van der Waals surface area contributed by atoms with Crippen molar-refractivity contribution in [3.63, 3.8) is 0 Å². The van der Waals surface area contributed by atoms with Crippen molar-refractivity contribution in [2.24, 2.45) is 5.92 Å². The molecule has 1 amide bonds. The first-order valence-corrected chi connectivity index (χ1v) is 10.4. The number of anilines is 2. The summed E-state index contributed by atoms with van der Waals surface area (Å²) in [6.07, 6.45) is 5.15. The van der Waals surface area contributed by atoms with Crippen LogP contribution in [0.4, 0.5) is 16.2 Å². The van der Waals surface area contributed by atoms with E-state index >= 15 is 0 Å². The number of rotatable bonds is 6. The minimum absolute atomic E-state index is 0.000946. The van der Waals surface area contributed by atoms with E-state index in [1.54, 1.807) is 7.05 Å². The third kappa shape index (κ3) is 5.71. The molecule has 0 aliphatic carbocycles. The number of carboxylic acid groups (broad SMARTS) is 1. The molecule has 3 heterocycles. The molecule has 1 aliphatic rings. The zero-order valence-corrected chi connectivity index (χ0v) is 17.9. The fourth-order valence-corrected chi connectivity index (χ4v) is 3.85. The molecule has 1 fully saturated rings. The Kier molecular flexibility index (Phi) is 7.96. The van der Waals surface area contributed by atoms with E-state index in [1.165, 1.54) is 6.20 Å². The number of hydrogen-bond acceptors (Lipinski definition) is 6. The number of fused-ring (bicyclic) bond motifs is 1. The summed E-state index contributed by atoms with van der Waals surface area (Å²) in [4.78, 5) is 31.3. The van der Waals surface area contributed by atoms with Crippen LogP contribution in [0.1, 0.15) is 12.8 Å². The van der Waals surface area contributed by atoms with Gasteiger partial charge in [0.1, 0.15) is 6.54 Å². The Morgan fingerprint density at radius 2 is 2.12 bits per heavy atom. The maximum absolute atomic E-state index is 13.6. The number of carbonyl (C=O) groups is 2. The maximum atomic E-state index is 13.6. The van der Waals surface area contributed by atoms with Crippen molar-refractivity contribution in [1.29, 1.82) is 0 Å². The maximum Gasteiger partial charge on any atom is 0.290 e. The summed E-state index contributed by atoms with van der Waals surface area (Å²) in [6, 6.07) is 10.0. The number of nitrogens with one attached hydrogen (secondary N) is 2. The number of hydrogen-bond donors (Lipinski definition) is 3. The van der Waals surface area contributed by atoms with E-state index in [2.05, 4.69) is 25.5 Å². The Balaban J connectivity index is 0.000000913. The highest BCUT2D eigenvalue weighted by Gasteiger charge is 2.23. The number of piperidine rings is 1. The van der Waals surface area contributed by atoms with Gasteiger partial charge in [-0.1, -0.05) is 18.2 Å². The Bertz CT molecular complexity index is 1060. The van der Waals surface area contributed by atoms with Gasteiger partial charge >= 0.3 is 0 Å². The molecule has 1 aromatic carbocycles. The summed E-state index contributed by atoms with van der Waals surface area (Å²) < 4.78 is 15.6. The Morgan fingerprint density at radius 1 is 1.34 bits per heavy atom. The van der Waals surface area contributed by atoms with Gasteiger partial charge in [-0.05, 0) is 36.3 Å². The second kappa shape index (κ2) is 11.1. The van der Waals surface area contributed by atoms with Crippen LogP contribution >= 0.6 is 0 Å². The number of carbonyl (C=O) groups excluding carboxylic acids is 1. The van der Waals surface area contributed by atoms with Crippen LogP contribution in [0, 0.1) is 11.7 Å². The molecule has 32 heavy (non-hydrogen) atoms. The average molecular weight is 442 g/mol. The van der Waals surface area contributed by atoms with Crippen LogP contribution in [0.15, 0.2) is 42.7 Å². The van der Waals surface area contributed by atoms with Crippen molar-refractivity contribution < 1.29 is 19.1 Å². The lowest BCUT2D eigenvalue weighted by Gasteiger charge is -2.33. The van der Waals surface area contributed by atoms with Gasteiger partial charge in [0.25, 0.3) is 6.47 Å². The van der Waals surface area contributed by atoms with Gasteiger partial charge in [-0.15, -0.1) is 0 Å².